The number of azide groups is 1. The van der Waals surface area contributed by atoms with Gasteiger partial charge in [0.15, 0.2) is 4.77 Å². The van der Waals surface area contributed by atoms with Crippen LogP contribution in [-0.4, -0.2) is 36.6 Å². The summed E-state index contributed by atoms with van der Waals surface area (Å²) in [5.41, 5.74) is 8.93. The van der Waals surface area contributed by atoms with Crippen LogP contribution in [0, 0.1) is 4.77 Å². The number of hydrogen-bond donors (Lipinski definition) is 1. The van der Waals surface area contributed by atoms with Crippen molar-refractivity contribution in [2.75, 3.05) is 6.61 Å². The summed E-state index contributed by atoms with van der Waals surface area (Å²) in [6.45, 7) is 6.89. The molecule has 10 heteroatoms. The average Bonchev–Trinajstić information content (AvgIpc) is 3.22. The molecule has 4 rings (SSSR count). The third kappa shape index (κ3) is 5.02. The smallest absolute Gasteiger partial charge is 0.261 e. The van der Waals surface area contributed by atoms with Crippen LogP contribution < -0.4 is 15.9 Å². The van der Waals surface area contributed by atoms with E-state index in [4.69, 9.17) is 21.4 Å². The largest absolute Gasteiger partial charge is 0.405 e. The van der Waals surface area contributed by atoms with Crippen LogP contribution >= 0.6 is 12.2 Å². The fourth-order valence-electron chi connectivity index (χ4n) is 4.85. The lowest BCUT2D eigenvalue weighted by atomic mass is 10.1. The zero-order valence-electron chi connectivity index (χ0n) is 20.0. The van der Waals surface area contributed by atoms with Crippen molar-refractivity contribution in [3.63, 3.8) is 0 Å². The highest BCUT2D eigenvalue weighted by Crippen LogP contribution is 2.38. The Labute approximate surface area is 210 Å². The van der Waals surface area contributed by atoms with Gasteiger partial charge >= 0.3 is 0 Å². The number of benzene rings is 2. The molecule has 3 atom stereocenters. The van der Waals surface area contributed by atoms with Crippen LogP contribution in [0.25, 0.3) is 10.4 Å². The van der Waals surface area contributed by atoms with Crippen molar-refractivity contribution >= 4 is 30.9 Å². The second-order valence-corrected chi connectivity index (χ2v) is 14.3. The van der Waals surface area contributed by atoms with E-state index < -0.39 is 26.7 Å². The van der Waals surface area contributed by atoms with E-state index in [2.05, 4.69) is 60.0 Å². The Morgan fingerprint density at radius 1 is 1.14 bits per heavy atom. The Morgan fingerprint density at radius 3 is 2.26 bits per heavy atom. The van der Waals surface area contributed by atoms with Crippen molar-refractivity contribution in [3.05, 3.63) is 98.5 Å². The van der Waals surface area contributed by atoms with Gasteiger partial charge in [0.05, 0.1) is 18.8 Å². The summed E-state index contributed by atoms with van der Waals surface area (Å²) in [6, 6.07) is 21.7. The van der Waals surface area contributed by atoms with Gasteiger partial charge in [0, 0.05) is 23.6 Å². The predicted molar refractivity (Wildman–Crippen MR) is 141 cm³/mol. The molecule has 1 aliphatic rings. The van der Waals surface area contributed by atoms with Crippen LogP contribution in [0.4, 0.5) is 0 Å². The maximum Gasteiger partial charge on any atom is 0.261 e. The highest BCUT2D eigenvalue weighted by molar-refractivity contribution is 7.71. The molecule has 2 aromatic carbocycles. The topological polar surface area (TPSA) is 105 Å². The van der Waals surface area contributed by atoms with Gasteiger partial charge in [-0.3, -0.25) is 14.3 Å². The van der Waals surface area contributed by atoms with E-state index in [9.17, 15) is 10.3 Å². The number of aromatic nitrogens is 2. The molecule has 1 aliphatic heterocycles. The molecule has 35 heavy (non-hydrogen) atoms. The number of hydrogen-bond acceptors (Lipinski definition) is 5. The molecule has 2 heterocycles. The quantitative estimate of drug-likeness (QED) is 0.168. The highest BCUT2D eigenvalue weighted by Gasteiger charge is 2.51. The van der Waals surface area contributed by atoms with Crippen molar-refractivity contribution in [3.8, 4) is 0 Å². The number of ether oxygens (including phenoxy) is 1. The molecular formula is C25H29N5O3SSi. The minimum Gasteiger partial charge on any atom is -0.405 e. The van der Waals surface area contributed by atoms with Crippen molar-refractivity contribution in [2.45, 2.75) is 50.6 Å². The van der Waals surface area contributed by atoms with Gasteiger partial charge in [0.2, 0.25) is 0 Å². The average molecular weight is 508 g/mol. The second kappa shape index (κ2) is 10.3. The molecule has 0 bridgehead atoms. The van der Waals surface area contributed by atoms with E-state index in [-0.39, 0.29) is 22.0 Å². The van der Waals surface area contributed by atoms with E-state index in [0.717, 1.165) is 10.4 Å². The van der Waals surface area contributed by atoms with E-state index >= 15 is 0 Å². The summed E-state index contributed by atoms with van der Waals surface area (Å²) in [4.78, 5) is 17.3. The Bertz CT molecular complexity index is 1280. The molecule has 0 radical (unpaired) electrons. The maximum absolute atomic E-state index is 11.6. The van der Waals surface area contributed by atoms with E-state index in [1.165, 1.54) is 6.07 Å². The monoisotopic (exact) mass is 507 g/mol. The van der Waals surface area contributed by atoms with Crippen molar-refractivity contribution in [1.29, 1.82) is 0 Å². The fourth-order valence-corrected chi connectivity index (χ4v) is 9.70. The minimum atomic E-state index is -2.78. The molecule has 1 N–H and O–H groups in total. The van der Waals surface area contributed by atoms with Crippen LogP contribution in [-0.2, 0) is 9.16 Å². The first-order chi connectivity index (χ1) is 16.8. The Morgan fingerprint density at radius 2 is 1.74 bits per heavy atom. The third-order valence-corrected chi connectivity index (χ3v) is 11.8. The van der Waals surface area contributed by atoms with Gasteiger partial charge in [-0.1, -0.05) is 86.5 Å². The van der Waals surface area contributed by atoms with Gasteiger partial charge in [-0.15, -0.1) is 0 Å². The SMILES string of the molecule is CC(C)(C)[Si](OC[C@H]1O[C@H](n2ccc(=O)[nH]c2=S)C[C@@H]1N=[N+]=[N-])(c1ccccc1)c1ccccc1. The van der Waals surface area contributed by atoms with Gasteiger partial charge in [-0.05, 0) is 33.2 Å². The summed E-state index contributed by atoms with van der Waals surface area (Å²) < 4.78 is 15.3. The van der Waals surface area contributed by atoms with Crippen molar-refractivity contribution in [2.24, 2.45) is 5.11 Å². The summed E-state index contributed by atoms with van der Waals surface area (Å²) in [7, 11) is -2.78. The molecule has 0 aliphatic carbocycles. The molecule has 0 spiro atoms. The van der Waals surface area contributed by atoms with Gasteiger partial charge in [0.1, 0.15) is 6.23 Å². The molecular weight excluding hydrogens is 478 g/mol. The lowest BCUT2D eigenvalue weighted by Crippen LogP contribution is -2.67. The fraction of sp³-hybridized carbons (Fsp3) is 0.360. The standard InChI is InChI=1S/C25H29N5O3SSi/c1-25(2,3)35(18-10-6-4-7-11-18,19-12-8-5-9-13-19)32-17-21-20(28-29-26)16-23(33-21)30-15-14-22(31)27-24(30)34/h4-15,20-21,23H,16-17H2,1-3H3,(H,27,31,34)/t20-,21+,23-/m0/s1. The molecule has 182 valence electrons. The minimum absolute atomic E-state index is 0.191. The lowest BCUT2D eigenvalue weighted by molar-refractivity contribution is -0.0230. The number of rotatable bonds is 7. The van der Waals surface area contributed by atoms with Crippen LogP contribution in [0.3, 0.4) is 0 Å². The predicted octanol–water partition coefficient (Wildman–Crippen LogP) is 4.45. The summed E-state index contributed by atoms with van der Waals surface area (Å²) in [6.07, 6.45) is 1.10. The molecule has 1 saturated heterocycles. The Balaban J connectivity index is 1.70. The van der Waals surface area contributed by atoms with E-state index in [1.54, 1.807) is 10.8 Å². The van der Waals surface area contributed by atoms with Gasteiger partial charge in [0.25, 0.3) is 13.9 Å². The summed E-state index contributed by atoms with van der Waals surface area (Å²) in [5.74, 6) is 0. The normalized spacial score (nSPS) is 20.4. The first-order valence-electron chi connectivity index (χ1n) is 11.5. The number of aromatic amines is 1. The molecule has 3 aromatic rings. The van der Waals surface area contributed by atoms with Crippen molar-refractivity contribution < 1.29 is 9.16 Å². The third-order valence-electron chi connectivity index (χ3n) is 6.45. The molecule has 8 nitrogen and oxygen atoms in total. The zero-order chi connectivity index (χ0) is 25.1. The molecule has 0 amide bonds. The Kier molecular flexibility index (Phi) is 7.39. The van der Waals surface area contributed by atoms with E-state index in [0.29, 0.717) is 6.42 Å². The van der Waals surface area contributed by atoms with Gasteiger partial charge < -0.3 is 9.16 Å². The molecule has 1 aromatic heterocycles. The first kappa shape index (κ1) is 25.1. The molecule has 0 unspecified atom stereocenters. The maximum atomic E-state index is 11.6. The van der Waals surface area contributed by atoms with Gasteiger partial charge in [-0.2, -0.15) is 0 Å². The molecule has 0 saturated carbocycles. The highest BCUT2D eigenvalue weighted by atomic mass is 32.1. The zero-order valence-corrected chi connectivity index (χ0v) is 21.8. The number of nitrogens with one attached hydrogen (secondary N) is 1. The number of nitrogens with zero attached hydrogens (tertiary/aromatic N) is 4. The summed E-state index contributed by atoms with van der Waals surface area (Å²) >= 11 is 5.32. The Hall–Kier alpha value is -3.01. The van der Waals surface area contributed by atoms with Crippen LogP contribution in [0.2, 0.25) is 5.04 Å². The van der Waals surface area contributed by atoms with Crippen LogP contribution in [0.5, 0.6) is 0 Å². The van der Waals surface area contributed by atoms with Crippen molar-refractivity contribution in [1.82, 2.24) is 9.55 Å². The van der Waals surface area contributed by atoms with Gasteiger partial charge in [-0.25, -0.2) is 0 Å². The van der Waals surface area contributed by atoms with Crippen LogP contribution in [0.15, 0.2) is 82.8 Å². The second-order valence-electron chi connectivity index (χ2n) is 9.63. The lowest BCUT2D eigenvalue weighted by Gasteiger charge is -2.43. The summed E-state index contributed by atoms with van der Waals surface area (Å²) in [5, 5.41) is 6.14. The number of H-pyrrole nitrogens is 1. The first-order valence-corrected chi connectivity index (χ1v) is 13.8. The van der Waals surface area contributed by atoms with E-state index in [1.807, 2.05) is 36.4 Å². The molecule has 1 fully saturated rings. The van der Waals surface area contributed by atoms with Crippen LogP contribution in [0.1, 0.15) is 33.4 Å².